The zero-order valence-corrected chi connectivity index (χ0v) is 16.1. The Morgan fingerprint density at radius 3 is 2.07 bits per heavy atom. The maximum Gasteiger partial charge on any atom is 0.263 e. The number of hydrogen-bond donors (Lipinski definition) is 2. The van der Waals surface area contributed by atoms with Gasteiger partial charge in [-0.1, -0.05) is 0 Å². The lowest BCUT2D eigenvalue weighted by atomic mass is 10.1. The van der Waals surface area contributed by atoms with Crippen molar-refractivity contribution in [3.63, 3.8) is 0 Å². The van der Waals surface area contributed by atoms with Gasteiger partial charge in [0.1, 0.15) is 5.56 Å². The van der Waals surface area contributed by atoms with E-state index in [4.69, 9.17) is 12.2 Å². The van der Waals surface area contributed by atoms with Crippen molar-refractivity contribution in [3.8, 4) is 5.75 Å². The number of nitrogens with one attached hydrogen (secondary N) is 2. The van der Waals surface area contributed by atoms with Crippen molar-refractivity contribution in [1.82, 2.24) is 5.32 Å². The molecule has 1 fully saturated rings. The average Bonchev–Trinajstić information content (AvgIpc) is 3.22. The molecule has 0 radical (unpaired) electrons. The lowest BCUT2D eigenvalue weighted by Crippen LogP contribution is -2.35. The summed E-state index contributed by atoms with van der Waals surface area (Å²) in [6.07, 6.45) is 2.27. The van der Waals surface area contributed by atoms with Crippen molar-refractivity contribution in [2.75, 3.05) is 30.4 Å². The molecule has 0 bridgehead atoms. The molecule has 1 heterocycles. The quantitative estimate of drug-likeness (QED) is 0.439. The topological polar surface area (TPSA) is 53.6 Å². The number of hydrogen-bond acceptors (Lipinski definition) is 4. The normalized spacial score (nSPS) is 13.3. The minimum atomic E-state index is -1.88. The van der Waals surface area contributed by atoms with E-state index in [0.717, 1.165) is 38.7 Å². The van der Waals surface area contributed by atoms with Crippen LogP contribution in [0.25, 0.3) is 0 Å². The first-order chi connectivity index (χ1) is 13.8. The smallest absolute Gasteiger partial charge is 0.263 e. The predicted octanol–water partition coefficient (Wildman–Crippen LogP) is 3.98. The molecule has 1 aliphatic rings. The Balaban J connectivity index is 1.70. The van der Waals surface area contributed by atoms with Crippen LogP contribution in [-0.2, 0) is 0 Å². The fourth-order valence-corrected chi connectivity index (χ4v) is 3.26. The van der Waals surface area contributed by atoms with Gasteiger partial charge in [-0.15, -0.1) is 0 Å². The number of methoxy groups -OCH3 is 1. The molecule has 0 aliphatic carbocycles. The first-order valence-electron chi connectivity index (χ1n) is 8.70. The molecular formula is C19H17F4N3O2S. The fourth-order valence-electron chi connectivity index (χ4n) is 3.05. The lowest BCUT2D eigenvalue weighted by Gasteiger charge is -2.18. The molecule has 1 aliphatic heterocycles. The van der Waals surface area contributed by atoms with Crippen molar-refractivity contribution >= 4 is 34.6 Å². The Morgan fingerprint density at radius 2 is 1.55 bits per heavy atom. The van der Waals surface area contributed by atoms with Crippen LogP contribution in [0.4, 0.5) is 28.9 Å². The van der Waals surface area contributed by atoms with Crippen LogP contribution in [0.15, 0.2) is 24.3 Å². The second-order valence-electron chi connectivity index (χ2n) is 6.31. The van der Waals surface area contributed by atoms with Gasteiger partial charge in [0.05, 0.1) is 7.11 Å². The van der Waals surface area contributed by atoms with E-state index in [1.165, 1.54) is 0 Å². The Labute approximate surface area is 169 Å². The van der Waals surface area contributed by atoms with Gasteiger partial charge in [0, 0.05) is 24.5 Å². The SMILES string of the molecule is COc1c(F)c(F)c(C(=O)NC(=S)Nc2ccc(N3CCCC3)cc2)c(F)c1F. The summed E-state index contributed by atoms with van der Waals surface area (Å²) >= 11 is 4.94. The van der Waals surface area contributed by atoms with Crippen LogP contribution < -0.4 is 20.3 Å². The van der Waals surface area contributed by atoms with Crippen LogP contribution in [0.2, 0.25) is 0 Å². The molecule has 154 valence electrons. The summed E-state index contributed by atoms with van der Waals surface area (Å²) < 4.78 is 59.9. The molecule has 2 aromatic rings. The van der Waals surface area contributed by atoms with E-state index in [1.807, 2.05) is 17.4 Å². The van der Waals surface area contributed by atoms with Crippen molar-refractivity contribution < 1.29 is 27.1 Å². The molecule has 1 saturated heterocycles. The molecule has 10 heteroatoms. The number of benzene rings is 2. The highest BCUT2D eigenvalue weighted by atomic mass is 32.1. The van der Waals surface area contributed by atoms with Gasteiger partial charge >= 0.3 is 0 Å². The van der Waals surface area contributed by atoms with Crippen molar-refractivity contribution in [1.29, 1.82) is 0 Å². The molecule has 3 rings (SSSR count). The van der Waals surface area contributed by atoms with Crippen molar-refractivity contribution in [2.24, 2.45) is 0 Å². The van der Waals surface area contributed by atoms with E-state index in [9.17, 15) is 22.4 Å². The van der Waals surface area contributed by atoms with E-state index in [-0.39, 0.29) is 5.11 Å². The van der Waals surface area contributed by atoms with Gasteiger partial charge in [0.15, 0.2) is 22.5 Å². The first-order valence-corrected chi connectivity index (χ1v) is 9.11. The number of rotatable bonds is 4. The fraction of sp³-hybridized carbons (Fsp3) is 0.263. The minimum absolute atomic E-state index is 0.292. The predicted molar refractivity (Wildman–Crippen MR) is 104 cm³/mol. The zero-order valence-electron chi connectivity index (χ0n) is 15.3. The molecule has 0 aromatic heterocycles. The van der Waals surface area contributed by atoms with Crippen LogP contribution in [0, 0.1) is 23.3 Å². The molecule has 0 saturated carbocycles. The average molecular weight is 427 g/mol. The standard InChI is InChI=1S/C19H17F4N3O2S/c1-28-17-15(22)13(20)12(14(21)16(17)23)18(27)25-19(29)24-10-4-6-11(7-5-10)26-8-2-3-9-26/h4-7H,2-3,8-9H2,1H3,(H2,24,25,27,29). The third-order valence-electron chi connectivity index (χ3n) is 4.48. The van der Waals surface area contributed by atoms with Crippen LogP contribution in [0.5, 0.6) is 5.75 Å². The number of nitrogens with zero attached hydrogens (tertiary/aromatic N) is 1. The van der Waals surface area contributed by atoms with Crippen LogP contribution in [-0.4, -0.2) is 31.2 Å². The van der Waals surface area contributed by atoms with Gasteiger partial charge in [0.2, 0.25) is 11.6 Å². The van der Waals surface area contributed by atoms with Gasteiger partial charge in [0.25, 0.3) is 5.91 Å². The molecular weight excluding hydrogens is 410 g/mol. The summed E-state index contributed by atoms with van der Waals surface area (Å²) in [5, 5.41) is 4.39. The molecule has 2 N–H and O–H groups in total. The van der Waals surface area contributed by atoms with Gasteiger partial charge < -0.3 is 15.0 Å². The van der Waals surface area contributed by atoms with Crippen molar-refractivity contribution in [2.45, 2.75) is 12.8 Å². The number of ether oxygens (including phenoxy) is 1. The summed E-state index contributed by atoms with van der Waals surface area (Å²) in [5.74, 6) is -10.1. The third kappa shape index (κ3) is 4.26. The van der Waals surface area contributed by atoms with Gasteiger partial charge in [-0.3, -0.25) is 10.1 Å². The molecule has 0 atom stereocenters. The van der Waals surface area contributed by atoms with Crippen LogP contribution in [0.1, 0.15) is 23.2 Å². The monoisotopic (exact) mass is 427 g/mol. The highest BCUT2D eigenvalue weighted by Crippen LogP contribution is 2.29. The highest BCUT2D eigenvalue weighted by molar-refractivity contribution is 7.80. The summed E-state index contributed by atoms with van der Waals surface area (Å²) in [5.41, 5.74) is 0.122. The summed E-state index contributed by atoms with van der Waals surface area (Å²) in [7, 11) is 0.841. The van der Waals surface area contributed by atoms with Gasteiger partial charge in [-0.05, 0) is 49.3 Å². The van der Waals surface area contributed by atoms with Gasteiger partial charge in [-0.2, -0.15) is 8.78 Å². The Bertz CT molecular complexity index is 918. The first kappa shape index (κ1) is 20.8. The molecule has 1 amide bonds. The van der Waals surface area contributed by atoms with E-state index >= 15 is 0 Å². The lowest BCUT2D eigenvalue weighted by molar-refractivity contribution is 0.0966. The zero-order chi connectivity index (χ0) is 21.1. The Morgan fingerprint density at radius 1 is 1.00 bits per heavy atom. The number of carbonyl (C=O) groups is 1. The van der Waals surface area contributed by atoms with Crippen LogP contribution in [0.3, 0.4) is 0 Å². The highest BCUT2D eigenvalue weighted by Gasteiger charge is 2.30. The Kier molecular flexibility index (Phi) is 6.21. The molecule has 5 nitrogen and oxygen atoms in total. The third-order valence-corrected chi connectivity index (χ3v) is 4.68. The Hall–Kier alpha value is -2.88. The summed E-state index contributed by atoms with van der Waals surface area (Å²) in [6.45, 7) is 1.96. The number of anilines is 2. The molecule has 0 unspecified atom stereocenters. The number of amides is 1. The van der Waals surface area contributed by atoms with Gasteiger partial charge in [-0.25, -0.2) is 8.78 Å². The van der Waals surface area contributed by atoms with E-state index in [1.54, 1.807) is 12.1 Å². The summed E-state index contributed by atoms with van der Waals surface area (Å²) in [6, 6.07) is 7.18. The molecule has 0 spiro atoms. The number of thiocarbonyl (C=S) groups is 1. The number of halogens is 4. The van der Waals surface area contributed by atoms with E-state index < -0.39 is 40.5 Å². The van der Waals surface area contributed by atoms with E-state index in [2.05, 4.69) is 15.0 Å². The molecule has 2 aromatic carbocycles. The maximum absolute atomic E-state index is 14.0. The maximum atomic E-state index is 14.0. The second-order valence-corrected chi connectivity index (χ2v) is 6.72. The van der Waals surface area contributed by atoms with E-state index in [0.29, 0.717) is 5.69 Å². The minimum Gasteiger partial charge on any atom is -0.491 e. The van der Waals surface area contributed by atoms with Crippen LogP contribution >= 0.6 is 12.2 Å². The molecule has 29 heavy (non-hydrogen) atoms. The second kappa shape index (κ2) is 8.64. The largest absolute Gasteiger partial charge is 0.491 e. The summed E-state index contributed by atoms with van der Waals surface area (Å²) in [4.78, 5) is 14.3. The number of carbonyl (C=O) groups excluding carboxylic acids is 1. The van der Waals surface area contributed by atoms with Crippen molar-refractivity contribution in [3.05, 3.63) is 53.1 Å².